The van der Waals surface area contributed by atoms with Gasteiger partial charge in [0.1, 0.15) is 17.1 Å². The van der Waals surface area contributed by atoms with E-state index in [9.17, 15) is 4.79 Å². The van der Waals surface area contributed by atoms with E-state index in [-0.39, 0.29) is 0 Å². The highest BCUT2D eigenvalue weighted by Gasteiger charge is 2.14. The molecule has 1 aromatic rings. The second-order valence-corrected chi connectivity index (χ2v) is 2.79. The van der Waals surface area contributed by atoms with Crippen molar-refractivity contribution < 1.29 is 18.8 Å². The molecule has 0 amide bonds. The van der Waals surface area contributed by atoms with Crippen LogP contribution < -0.4 is 5.90 Å². The minimum Gasteiger partial charge on any atom is -0.465 e. The largest absolute Gasteiger partial charge is 0.465 e. The van der Waals surface area contributed by atoms with Gasteiger partial charge in [-0.2, -0.15) is 0 Å². The third-order valence-electron chi connectivity index (χ3n) is 1.84. The van der Waals surface area contributed by atoms with E-state index >= 15 is 0 Å². The standard InChI is InChI=1S/C9H13NO4/c1-6-8(9(11)12-2)5-7(14-6)3-4-13-10/h5H,3-4,10H2,1-2H3. The molecule has 1 heterocycles. The molecule has 0 saturated heterocycles. The fourth-order valence-corrected chi connectivity index (χ4v) is 1.14. The summed E-state index contributed by atoms with van der Waals surface area (Å²) in [5, 5.41) is 0. The van der Waals surface area contributed by atoms with Gasteiger partial charge < -0.3 is 14.0 Å². The highest BCUT2D eigenvalue weighted by atomic mass is 16.6. The van der Waals surface area contributed by atoms with E-state index in [0.29, 0.717) is 30.1 Å². The first kappa shape index (κ1) is 10.7. The van der Waals surface area contributed by atoms with Crippen molar-refractivity contribution >= 4 is 5.97 Å². The minimum absolute atomic E-state index is 0.355. The fourth-order valence-electron chi connectivity index (χ4n) is 1.14. The Bertz CT molecular complexity index is 319. The molecule has 0 bridgehead atoms. The smallest absolute Gasteiger partial charge is 0.341 e. The predicted molar refractivity (Wildman–Crippen MR) is 48.6 cm³/mol. The zero-order chi connectivity index (χ0) is 10.6. The topological polar surface area (TPSA) is 74.7 Å². The number of carbonyl (C=O) groups excluding carboxylic acids is 1. The number of esters is 1. The van der Waals surface area contributed by atoms with E-state index in [2.05, 4.69) is 9.57 Å². The Morgan fingerprint density at radius 2 is 2.36 bits per heavy atom. The molecular formula is C9H13NO4. The molecule has 0 atom stereocenters. The first-order valence-electron chi connectivity index (χ1n) is 4.18. The number of nitrogens with two attached hydrogens (primary N) is 1. The summed E-state index contributed by atoms with van der Waals surface area (Å²) in [7, 11) is 1.33. The molecule has 0 unspecified atom stereocenters. The average molecular weight is 199 g/mol. The molecule has 0 saturated carbocycles. The Morgan fingerprint density at radius 3 is 2.93 bits per heavy atom. The van der Waals surface area contributed by atoms with Crippen LogP contribution in [0.1, 0.15) is 21.9 Å². The van der Waals surface area contributed by atoms with Crippen molar-refractivity contribution in [2.75, 3.05) is 13.7 Å². The second-order valence-electron chi connectivity index (χ2n) is 2.79. The van der Waals surface area contributed by atoms with Crippen LogP contribution in [0.15, 0.2) is 10.5 Å². The van der Waals surface area contributed by atoms with Crippen LogP contribution in [0.5, 0.6) is 0 Å². The number of carbonyl (C=O) groups is 1. The Kier molecular flexibility index (Phi) is 3.67. The number of methoxy groups -OCH3 is 1. The third-order valence-corrected chi connectivity index (χ3v) is 1.84. The summed E-state index contributed by atoms with van der Waals surface area (Å²) >= 11 is 0. The molecule has 0 aliphatic heterocycles. The summed E-state index contributed by atoms with van der Waals surface area (Å²) in [6, 6.07) is 1.64. The molecule has 5 heteroatoms. The number of ether oxygens (including phenoxy) is 1. The van der Waals surface area contributed by atoms with Gasteiger partial charge in [0.15, 0.2) is 0 Å². The van der Waals surface area contributed by atoms with Crippen LogP contribution in [0.2, 0.25) is 0 Å². The molecular weight excluding hydrogens is 186 g/mol. The van der Waals surface area contributed by atoms with Crippen LogP contribution in [-0.2, 0) is 16.0 Å². The zero-order valence-corrected chi connectivity index (χ0v) is 8.20. The van der Waals surface area contributed by atoms with E-state index < -0.39 is 5.97 Å². The van der Waals surface area contributed by atoms with Gasteiger partial charge in [-0.25, -0.2) is 10.7 Å². The number of aryl methyl sites for hydroxylation is 1. The van der Waals surface area contributed by atoms with E-state index in [0.717, 1.165) is 0 Å². The Morgan fingerprint density at radius 1 is 1.64 bits per heavy atom. The van der Waals surface area contributed by atoms with Gasteiger partial charge in [0.2, 0.25) is 0 Å². The molecule has 0 radical (unpaired) electrons. The number of hydrogen-bond acceptors (Lipinski definition) is 5. The van der Waals surface area contributed by atoms with Gasteiger partial charge in [-0.15, -0.1) is 0 Å². The molecule has 2 N–H and O–H groups in total. The number of furan rings is 1. The van der Waals surface area contributed by atoms with Crippen molar-refractivity contribution in [2.24, 2.45) is 5.90 Å². The number of rotatable bonds is 4. The quantitative estimate of drug-likeness (QED) is 0.573. The Labute approximate surface area is 81.7 Å². The average Bonchev–Trinajstić information content (AvgIpc) is 2.55. The van der Waals surface area contributed by atoms with E-state index in [1.807, 2.05) is 0 Å². The highest BCUT2D eigenvalue weighted by molar-refractivity contribution is 5.90. The Balaban J connectivity index is 2.77. The van der Waals surface area contributed by atoms with Gasteiger partial charge >= 0.3 is 5.97 Å². The summed E-state index contributed by atoms with van der Waals surface area (Å²) in [5.74, 6) is 5.68. The van der Waals surface area contributed by atoms with Gasteiger partial charge in [0, 0.05) is 6.42 Å². The van der Waals surface area contributed by atoms with Crippen LogP contribution in [0.25, 0.3) is 0 Å². The van der Waals surface area contributed by atoms with E-state index in [1.165, 1.54) is 7.11 Å². The lowest BCUT2D eigenvalue weighted by molar-refractivity contribution is 0.0599. The molecule has 5 nitrogen and oxygen atoms in total. The first-order chi connectivity index (χ1) is 6.69. The maximum absolute atomic E-state index is 11.2. The highest BCUT2D eigenvalue weighted by Crippen LogP contribution is 2.15. The van der Waals surface area contributed by atoms with Crippen molar-refractivity contribution in [1.82, 2.24) is 0 Å². The summed E-state index contributed by atoms with van der Waals surface area (Å²) in [5.41, 5.74) is 0.444. The van der Waals surface area contributed by atoms with Crippen LogP contribution >= 0.6 is 0 Å². The van der Waals surface area contributed by atoms with Gasteiger partial charge in [-0.05, 0) is 13.0 Å². The van der Waals surface area contributed by atoms with Gasteiger partial charge in [-0.1, -0.05) is 0 Å². The van der Waals surface area contributed by atoms with Crippen molar-refractivity contribution in [1.29, 1.82) is 0 Å². The van der Waals surface area contributed by atoms with Gasteiger partial charge in [0.25, 0.3) is 0 Å². The summed E-state index contributed by atoms with van der Waals surface area (Å²) in [4.78, 5) is 15.6. The normalized spacial score (nSPS) is 10.2. The lowest BCUT2D eigenvalue weighted by Crippen LogP contribution is -2.03. The van der Waals surface area contributed by atoms with Gasteiger partial charge in [0.05, 0.1) is 13.7 Å². The molecule has 1 rings (SSSR count). The molecule has 0 spiro atoms. The molecule has 0 fully saturated rings. The SMILES string of the molecule is COC(=O)c1cc(CCON)oc1C. The summed E-state index contributed by atoms with van der Waals surface area (Å²) in [6.45, 7) is 2.06. The monoisotopic (exact) mass is 199 g/mol. The number of hydrogen-bond donors (Lipinski definition) is 1. The minimum atomic E-state index is -0.397. The summed E-state index contributed by atoms with van der Waals surface area (Å²) < 4.78 is 9.88. The summed E-state index contributed by atoms with van der Waals surface area (Å²) in [6.07, 6.45) is 0.536. The Hall–Kier alpha value is -1.33. The molecule has 78 valence electrons. The lowest BCUT2D eigenvalue weighted by atomic mass is 10.2. The van der Waals surface area contributed by atoms with Crippen LogP contribution in [-0.4, -0.2) is 19.7 Å². The zero-order valence-electron chi connectivity index (χ0n) is 8.20. The van der Waals surface area contributed by atoms with Crippen molar-refractivity contribution in [3.63, 3.8) is 0 Å². The first-order valence-corrected chi connectivity index (χ1v) is 4.18. The lowest BCUT2D eigenvalue weighted by Gasteiger charge is -1.93. The fraction of sp³-hybridized carbons (Fsp3) is 0.444. The van der Waals surface area contributed by atoms with Crippen molar-refractivity contribution in [2.45, 2.75) is 13.3 Å². The molecule has 14 heavy (non-hydrogen) atoms. The molecule has 0 aliphatic carbocycles. The molecule has 0 aromatic carbocycles. The van der Waals surface area contributed by atoms with E-state index in [4.69, 9.17) is 10.3 Å². The maximum atomic E-state index is 11.2. The third kappa shape index (κ3) is 2.34. The predicted octanol–water partition coefficient (Wildman–Crippen LogP) is 0.807. The van der Waals surface area contributed by atoms with Crippen LogP contribution in [0.3, 0.4) is 0 Å². The molecule has 0 aliphatic rings. The van der Waals surface area contributed by atoms with Gasteiger partial charge in [-0.3, -0.25) is 0 Å². The van der Waals surface area contributed by atoms with Crippen molar-refractivity contribution in [3.8, 4) is 0 Å². The van der Waals surface area contributed by atoms with E-state index in [1.54, 1.807) is 13.0 Å². The van der Waals surface area contributed by atoms with Crippen LogP contribution in [0, 0.1) is 6.92 Å². The second kappa shape index (κ2) is 4.78. The van der Waals surface area contributed by atoms with Crippen molar-refractivity contribution in [3.05, 3.63) is 23.2 Å². The molecule has 1 aromatic heterocycles. The van der Waals surface area contributed by atoms with Crippen LogP contribution in [0.4, 0.5) is 0 Å². The maximum Gasteiger partial charge on any atom is 0.341 e.